The summed E-state index contributed by atoms with van der Waals surface area (Å²) in [5.41, 5.74) is 6.62. The number of hydrogen-bond acceptors (Lipinski definition) is 3. The minimum absolute atomic E-state index is 0.00356. The van der Waals surface area contributed by atoms with Crippen LogP contribution in [0, 0.1) is 6.92 Å². The molecule has 0 N–H and O–H groups in total. The average molecular weight is 472 g/mol. The Morgan fingerprint density at radius 2 is 1.49 bits per heavy atom. The van der Waals surface area contributed by atoms with Crippen molar-refractivity contribution in [3.63, 3.8) is 0 Å². The monoisotopic (exact) mass is 471 g/mol. The van der Waals surface area contributed by atoms with Gasteiger partial charge in [0.2, 0.25) is 0 Å². The Labute approximate surface area is 209 Å². The summed E-state index contributed by atoms with van der Waals surface area (Å²) in [5.74, 6) is -0.169. The number of aryl methyl sites for hydroxylation is 1. The summed E-state index contributed by atoms with van der Waals surface area (Å²) in [6.45, 7) is 15.2. The van der Waals surface area contributed by atoms with E-state index in [4.69, 9.17) is 4.98 Å². The van der Waals surface area contributed by atoms with Crippen molar-refractivity contribution < 1.29 is 9.59 Å². The van der Waals surface area contributed by atoms with Crippen LogP contribution in [0.15, 0.2) is 42.6 Å². The fourth-order valence-electron chi connectivity index (χ4n) is 5.78. The number of fused-ring (bicyclic) bond motifs is 1. The maximum Gasteiger partial charge on any atom is 0.327 e. The zero-order chi connectivity index (χ0) is 25.6. The summed E-state index contributed by atoms with van der Waals surface area (Å²) in [6.07, 6.45) is 8.70. The van der Waals surface area contributed by atoms with Gasteiger partial charge in [-0.25, -0.2) is 4.79 Å². The van der Waals surface area contributed by atoms with Gasteiger partial charge in [0.05, 0.1) is 12.2 Å². The second kappa shape index (κ2) is 7.28. The summed E-state index contributed by atoms with van der Waals surface area (Å²) in [4.78, 5) is 33.1. The standard InChI is InChI=1S/C30H37N3O2/c1-19-15-22-23(28(4,5)12-11-27(22,2)3)16-21(19)30(13-14-30)24-10-9-20(17-31-24)18-33-25(34)29(6,7)32(8)26(33)35/h9-12,15-17H,13-14,18H2,1-8H3. The van der Waals surface area contributed by atoms with E-state index in [-0.39, 0.29) is 34.7 Å². The number of hydrogen-bond donors (Lipinski definition) is 0. The SMILES string of the molecule is Cc1cc2c(cc1C1(c3ccc(CN4C(=O)N(C)C(C)(C)C4=O)cn3)CC1)C(C)(C)C=CC2(C)C. The molecule has 0 bridgehead atoms. The Bertz CT molecular complexity index is 1260. The van der Waals surface area contributed by atoms with Crippen LogP contribution in [0.1, 0.15) is 87.9 Å². The first-order valence-electron chi connectivity index (χ1n) is 12.6. The molecular formula is C30H37N3O2. The molecule has 5 rings (SSSR count). The molecule has 3 aliphatic rings. The van der Waals surface area contributed by atoms with Gasteiger partial charge >= 0.3 is 6.03 Å². The Hall–Kier alpha value is -2.95. The Balaban J connectivity index is 1.46. The first-order chi connectivity index (χ1) is 16.2. The van der Waals surface area contributed by atoms with Crippen LogP contribution in [0.2, 0.25) is 0 Å². The summed E-state index contributed by atoms with van der Waals surface area (Å²) in [6, 6.07) is 8.70. The number of imide groups is 1. The van der Waals surface area contributed by atoms with E-state index in [2.05, 4.69) is 65.0 Å². The molecule has 1 aliphatic heterocycles. The lowest BCUT2D eigenvalue weighted by Crippen LogP contribution is -2.41. The van der Waals surface area contributed by atoms with Gasteiger partial charge in [0.1, 0.15) is 5.54 Å². The number of likely N-dealkylation sites (N-methyl/N-ethyl adjacent to an activating group) is 1. The summed E-state index contributed by atoms with van der Waals surface area (Å²) < 4.78 is 0. The first kappa shape index (κ1) is 23.8. The van der Waals surface area contributed by atoms with E-state index < -0.39 is 5.54 Å². The maximum atomic E-state index is 12.8. The molecule has 184 valence electrons. The third-order valence-electron chi connectivity index (χ3n) is 8.72. The third kappa shape index (κ3) is 3.46. The second-order valence-corrected chi connectivity index (χ2v) is 12.4. The fraction of sp³-hybridized carbons (Fsp3) is 0.500. The lowest BCUT2D eigenvalue weighted by molar-refractivity contribution is -0.132. The molecule has 5 nitrogen and oxygen atoms in total. The van der Waals surface area contributed by atoms with Crippen LogP contribution in [0.4, 0.5) is 4.79 Å². The van der Waals surface area contributed by atoms with Crippen LogP contribution in [0.3, 0.4) is 0 Å². The molecule has 2 aromatic rings. The smallest absolute Gasteiger partial charge is 0.313 e. The quantitative estimate of drug-likeness (QED) is 0.420. The third-order valence-corrected chi connectivity index (χ3v) is 8.72. The van der Waals surface area contributed by atoms with Crippen LogP contribution in [0.5, 0.6) is 0 Å². The van der Waals surface area contributed by atoms with Crippen LogP contribution in [-0.2, 0) is 27.6 Å². The van der Waals surface area contributed by atoms with Crippen molar-refractivity contribution in [3.8, 4) is 0 Å². The van der Waals surface area contributed by atoms with E-state index in [0.29, 0.717) is 0 Å². The number of amides is 3. The Morgan fingerprint density at radius 1 is 0.886 bits per heavy atom. The van der Waals surface area contributed by atoms with E-state index >= 15 is 0 Å². The van der Waals surface area contributed by atoms with Gasteiger partial charge < -0.3 is 4.90 Å². The topological polar surface area (TPSA) is 53.5 Å². The van der Waals surface area contributed by atoms with Crippen molar-refractivity contribution in [2.75, 3.05) is 7.05 Å². The summed E-state index contributed by atoms with van der Waals surface area (Å²) in [5, 5.41) is 0. The van der Waals surface area contributed by atoms with Gasteiger partial charge in [0, 0.05) is 29.5 Å². The number of urea groups is 1. The van der Waals surface area contributed by atoms with Gasteiger partial charge in [-0.05, 0) is 67.5 Å². The molecule has 2 heterocycles. The molecule has 1 saturated heterocycles. The highest BCUT2D eigenvalue weighted by molar-refractivity contribution is 6.06. The number of rotatable bonds is 4. The molecule has 35 heavy (non-hydrogen) atoms. The van der Waals surface area contributed by atoms with Gasteiger partial charge in [-0.3, -0.25) is 14.7 Å². The Morgan fingerprint density at radius 3 is 1.97 bits per heavy atom. The van der Waals surface area contributed by atoms with Crippen LogP contribution in [0.25, 0.3) is 0 Å². The number of nitrogens with zero attached hydrogens (tertiary/aromatic N) is 3. The van der Waals surface area contributed by atoms with E-state index in [1.165, 1.54) is 32.1 Å². The number of pyridine rings is 1. The van der Waals surface area contributed by atoms with E-state index in [0.717, 1.165) is 24.1 Å². The number of aromatic nitrogens is 1. The van der Waals surface area contributed by atoms with Gasteiger partial charge in [-0.1, -0.05) is 58.0 Å². The van der Waals surface area contributed by atoms with Crippen LogP contribution < -0.4 is 0 Å². The predicted molar refractivity (Wildman–Crippen MR) is 138 cm³/mol. The van der Waals surface area contributed by atoms with E-state index in [1.54, 1.807) is 20.9 Å². The van der Waals surface area contributed by atoms with E-state index in [1.807, 2.05) is 12.3 Å². The van der Waals surface area contributed by atoms with E-state index in [9.17, 15) is 9.59 Å². The predicted octanol–water partition coefficient (Wildman–Crippen LogP) is 5.77. The molecule has 0 radical (unpaired) electrons. The van der Waals surface area contributed by atoms with Crippen molar-refractivity contribution in [1.29, 1.82) is 0 Å². The van der Waals surface area contributed by atoms with Gasteiger partial charge in [0.25, 0.3) is 5.91 Å². The summed E-state index contributed by atoms with van der Waals surface area (Å²) in [7, 11) is 1.68. The average Bonchev–Trinajstić information content (AvgIpc) is 3.58. The minimum Gasteiger partial charge on any atom is -0.313 e. The molecule has 2 aliphatic carbocycles. The lowest BCUT2D eigenvalue weighted by Gasteiger charge is -2.38. The van der Waals surface area contributed by atoms with Crippen molar-refractivity contribution in [1.82, 2.24) is 14.8 Å². The molecule has 1 aromatic carbocycles. The van der Waals surface area contributed by atoms with Crippen molar-refractivity contribution in [2.45, 2.75) is 89.6 Å². The number of carbonyl (C=O) groups excluding carboxylic acids is 2. The molecule has 0 spiro atoms. The molecule has 1 aromatic heterocycles. The lowest BCUT2D eigenvalue weighted by atomic mass is 9.66. The molecule has 3 amide bonds. The number of benzene rings is 1. The minimum atomic E-state index is -0.815. The van der Waals surface area contributed by atoms with Crippen molar-refractivity contribution in [2.24, 2.45) is 0 Å². The molecule has 5 heteroatoms. The molecule has 1 saturated carbocycles. The van der Waals surface area contributed by atoms with Crippen LogP contribution in [-0.4, -0.2) is 39.3 Å². The number of allylic oxidation sites excluding steroid dienone is 2. The largest absolute Gasteiger partial charge is 0.327 e. The van der Waals surface area contributed by atoms with Gasteiger partial charge in [-0.15, -0.1) is 0 Å². The second-order valence-electron chi connectivity index (χ2n) is 12.4. The van der Waals surface area contributed by atoms with Gasteiger partial charge in [-0.2, -0.15) is 0 Å². The molecule has 0 unspecified atom stereocenters. The Kier molecular flexibility index (Phi) is 4.95. The maximum absolute atomic E-state index is 12.8. The van der Waals surface area contributed by atoms with Gasteiger partial charge in [0.15, 0.2) is 0 Å². The highest BCUT2D eigenvalue weighted by atomic mass is 16.2. The highest BCUT2D eigenvalue weighted by Gasteiger charge is 2.50. The normalized spacial score (nSPS) is 23.0. The molecular weight excluding hydrogens is 434 g/mol. The number of carbonyl (C=O) groups is 2. The van der Waals surface area contributed by atoms with Crippen molar-refractivity contribution >= 4 is 11.9 Å². The zero-order valence-corrected chi connectivity index (χ0v) is 22.3. The highest BCUT2D eigenvalue weighted by Crippen LogP contribution is 2.55. The summed E-state index contributed by atoms with van der Waals surface area (Å²) >= 11 is 0. The zero-order valence-electron chi connectivity index (χ0n) is 22.3. The fourth-order valence-corrected chi connectivity index (χ4v) is 5.78. The molecule has 2 fully saturated rings. The van der Waals surface area contributed by atoms with Crippen molar-refractivity contribution in [3.05, 3.63) is 76.1 Å². The first-order valence-corrected chi connectivity index (χ1v) is 12.6. The molecule has 0 atom stereocenters. The van der Waals surface area contributed by atoms with Crippen LogP contribution >= 0.6 is 0 Å².